The van der Waals surface area contributed by atoms with Crippen molar-refractivity contribution < 1.29 is 9.53 Å². The van der Waals surface area contributed by atoms with Gasteiger partial charge in [0.05, 0.1) is 11.5 Å². The fourth-order valence-corrected chi connectivity index (χ4v) is 4.25. The van der Waals surface area contributed by atoms with E-state index >= 15 is 0 Å². The smallest absolute Gasteiger partial charge is 0.231 e. The Hall–Kier alpha value is -2.91. The highest BCUT2D eigenvalue weighted by Crippen LogP contribution is 2.36. The maximum Gasteiger partial charge on any atom is 0.231 e. The van der Waals surface area contributed by atoms with Gasteiger partial charge < -0.3 is 10.1 Å². The number of hydrogen-bond donors (Lipinski definition) is 1. The van der Waals surface area contributed by atoms with Crippen LogP contribution >= 0.6 is 0 Å². The van der Waals surface area contributed by atoms with Crippen LogP contribution < -0.4 is 5.32 Å². The Bertz CT molecular complexity index is 947. The Morgan fingerprint density at radius 3 is 2.14 bits per heavy atom. The zero-order chi connectivity index (χ0) is 20.1. The number of ether oxygens (including phenoxy) is 1. The fourth-order valence-electron chi connectivity index (χ4n) is 4.25. The van der Waals surface area contributed by atoms with Gasteiger partial charge in [-0.25, -0.2) is 0 Å². The van der Waals surface area contributed by atoms with Gasteiger partial charge in [0, 0.05) is 13.2 Å². The molecule has 1 aliphatic heterocycles. The number of carbonyl (C=O) groups excluding carboxylic acids is 1. The van der Waals surface area contributed by atoms with Crippen molar-refractivity contribution in [2.75, 3.05) is 13.2 Å². The Morgan fingerprint density at radius 2 is 1.48 bits per heavy atom. The van der Waals surface area contributed by atoms with Crippen molar-refractivity contribution in [3.63, 3.8) is 0 Å². The van der Waals surface area contributed by atoms with Crippen LogP contribution in [0.4, 0.5) is 0 Å². The molecule has 0 bridgehead atoms. The van der Waals surface area contributed by atoms with Crippen molar-refractivity contribution in [3.8, 4) is 0 Å². The zero-order valence-electron chi connectivity index (χ0n) is 16.8. The van der Waals surface area contributed by atoms with Crippen LogP contribution in [0.2, 0.25) is 0 Å². The molecule has 0 radical (unpaired) electrons. The topological polar surface area (TPSA) is 38.3 Å². The van der Waals surface area contributed by atoms with Gasteiger partial charge in [-0.2, -0.15) is 0 Å². The molecule has 1 N–H and O–H groups in total. The molecule has 0 aliphatic carbocycles. The van der Waals surface area contributed by atoms with Gasteiger partial charge in [0.15, 0.2) is 0 Å². The molecular weight excluding hydrogens is 358 g/mol. The Morgan fingerprint density at radius 1 is 0.862 bits per heavy atom. The maximum atomic E-state index is 13.8. The molecule has 29 heavy (non-hydrogen) atoms. The third-order valence-electron chi connectivity index (χ3n) is 5.89. The first-order chi connectivity index (χ1) is 14.2. The van der Waals surface area contributed by atoms with Crippen LogP contribution in [0.5, 0.6) is 0 Å². The van der Waals surface area contributed by atoms with Crippen molar-refractivity contribution >= 4 is 5.91 Å². The number of hydrogen-bond acceptors (Lipinski definition) is 2. The molecule has 1 amide bonds. The van der Waals surface area contributed by atoms with E-state index in [9.17, 15) is 4.79 Å². The van der Waals surface area contributed by atoms with E-state index in [-0.39, 0.29) is 11.9 Å². The summed E-state index contributed by atoms with van der Waals surface area (Å²) in [4.78, 5) is 13.8. The van der Waals surface area contributed by atoms with E-state index in [4.69, 9.17) is 4.74 Å². The van der Waals surface area contributed by atoms with Crippen molar-refractivity contribution in [1.29, 1.82) is 0 Å². The molecule has 1 atom stereocenters. The normalized spacial score (nSPS) is 16.7. The van der Waals surface area contributed by atoms with Gasteiger partial charge in [-0.1, -0.05) is 90.5 Å². The van der Waals surface area contributed by atoms with Gasteiger partial charge >= 0.3 is 0 Å². The lowest BCUT2D eigenvalue weighted by Crippen LogP contribution is -2.49. The summed E-state index contributed by atoms with van der Waals surface area (Å²) in [5.74, 6) is 0.0716. The van der Waals surface area contributed by atoms with Crippen LogP contribution in [-0.4, -0.2) is 19.1 Å². The molecule has 1 fully saturated rings. The maximum absolute atomic E-state index is 13.8. The zero-order valence-corrected chi connectivity index (χ0v) is 16.8. The Kier molecular flexibility index (Phi) is 5.77. The van der Waals surface area contributed by atoms with E-state index in [1.54, 1.807) is 0 Å². The summed E-state index contributed by atoms with van der Waals surface area (Å²) in [6.07, 6.45) is 1.39. The van der Waals surface area contributed by atoms with Gasteiger partial charge in [0.1, 0.15) is 0 Å². The number of amides is 1. The SMILES string of the molecule is Cc1cccc([C@@H](NC(=O)C2(c3ccccc3)CCOCC2)c2ccccc2)c1. The molecule has 0 unspecified atom stereocenters. The minimum absolute atomic E-state index is 0.0716. The summed E-state index contributed by atoms with van der Waals surface area (Å²) >= 11 is 0. The molecular formula is C26H27NO2. The molecule has 3 aromatic rings. The summed E-state index contributed by atoms with van der Waals surface area (Å²) in [6.45, 7) is 3.28. The highest BCUT2D eigenvalue weighted by molar-refractivity contribution is 5.89. The minimum Gasteiger partial charge on any atom is -0.381 e. The molecule has 1 saturated heterocycles. The van der Waals surface area contributed by atoms with Gasteiger partial charge in [-0.05, 0) is 36.5 Å². The van der Waals surface area contributed by atoms with Gasteiger partial charge in [-0.3, -0.25) is 4.79 Å². The van der Waals surface area contributed by atoms with Crippen molar-refractivity contribution in [2.24, 2.45) is 0 Å². The van der Waals surface area contributed by atoms with Crippen LogP contribution in [0.3, 0.4) is 0 Å². The number of benzene rings is 3. The summed E-state index contributed by atoms with van der Waals surface area (Å²) < 4.78 is 5.61. The Balaban J connectivity index is 1.71. The third kappa shape index (κ3) is 4.10. The van der Waals surface area contributed by atoms with Gasteiger partial charge in [0.25, 0.3) is 0 Å². The second-order valence-electron chi connectivity index (χ2n) is 7.79. The summed E-state index contributed by atoms with van der Waals surface area (Å²) in [5.41, 5.74) is 3.87. The van der Waals surface area contributed by atoms with Crippen molar-refractivity contribution in [3.05, 3.63) is 107 Å². The van der Waals surface area contributed by atoms with Gasteiger partial charge in [-0.15, -0.1) is 0 Å². The lowest BCUT2D eigenvalue weighted by atomic mass is 9.73. The second kappa shape index (κ2) is 8.62. The van der Waals surface area contributed by atoms with E-state index in [2.05, 4.69) is 54.7 Å². The number of aryl methyl sites for hydroxylation is 1. The molecule has 4 rings (SSSR count). The van der Waals surface area contributed by atoms with E-state index in [0.29, 0.717) is 26.1 Å². The fraction of sp³-hybridized carbons (Fsp3) is 0.269. The first-order valence-corrected chi connectivity index (χ1v) is 10.2. The molecule has 0 spiro atoms. The van der Waals surface area contributed by atoms with Crippen LogP contribution in [0, 0.1) is 6.92 Å². The average Bonchev–Trinajstić information content (AvgIpc) is 2.79. The highest BCUT2D eigenvalue weighted by Gasteiger charge is 2.42. The first kappa shape index (κ1) is 19.4. The molecule has 1 aliphatic rings. The van der Waals surface area contributed by atoms with Crippen LogP contribution in [0.15, 0.2) is 84.9 Å². The molecule has 3 nitrogen and oxygen atoms in total. The van der Waals surface area contributed by atoms with Crippen LogP contribution in [0.25, 0.3) is 0 Å². The largest absolute Gasteiger partial charge is 0.381 e. The quantitative estimate of drug-likeness (QED) is 0.675. The standard InChI is InChI=1S/C26H27NO2/c1-20-9-8-12-22(19-20)24(21-10-4-2-5-11-21)27-25(28)26(15-17-29-18-16-26)23-13-6-3-7-14-23/h2-14,19,24H,15-18H2,1H3,(H,27,28)/t24-/m0/s1. The highest BCUT2D eigenvalue weighted by atomic mass is 16.5. The molecule has 1 heterocycles. The Labute approximate surface area is 172 Å². The summed E-state index contributed by atoms with van der Waals surface area (Å²) in [6, 6.07) is 28.5. The number of nitrogens with one attached hydrogen (secondary N) is 1. The molecule has 3 heteroatoms. The number of carbonyl (C=O) groups is 1. The van der Waals surface area contributed by atoms with Gasteiger partial charge in [0.2, 0.25) is 5.91 Å². The van der Waals surface area contributed by atoms with E-state index in [1.807, 2.05) is 42.5 Å². The third-order valence-corrected chi connectivity index (χ3v) is 5.89. The summed E-state index contributed by atoms with van der Waals surface area (Å²) in [7, 11) is 0. The van der Waals surface area contributed by atoms with Crippen molar-refractivity contribution in [2.45, 2.75) is 31.2 Å². The molecule has 0 aromatic heterocycles. The summed E-state index contributed by atoms with van der Waals surface area (Å²) in [5, 5.41) is 3.39. The molecule has 0 saturated carbocycles. The van der Waals surface area contributed by atoms with Crippen LogP contribution in [-0.2, 0) is 14.9 Å². The van der Waals surface area contributed by atoms with E-state index < -0.39 is 5.41 Å². The van der Waals surface area contributed by atoms with Crippen molar-refractivity contribution in [1.82, 2.24) is 5.32 Å². The van der Waals surface area contributed by atoms with E-state index in [1.165, 1.54) is 5.56 Å². The predicted octanol–water partition coefficient (Wildman–Crippen LogP) is 4.95. The second-order valence-corrected chi connectivity index (χ2v) is 7.79. The number of rotatable bonds is 5. The monoisotopic (exact) mass is 385 g/mol. The predicted molar refractivity (Wildman–Crippen MR) is 116 cm³/mol. The lowest BCUT2D eigenvalue weighted by Gasteiger charge is -2.37. The average molecular weight is 386 g/mol. The van der Waals surface area contributed by atoms with E-state index in [0.717, 1.165) is 16.7 Å². The van der Waals surface area contributed by atoms with Crippen LogP contribution in [0.1, 0.15) is 41.1 Å². The molecule has 3 aromatic carbocycles. The lowest BCUT2D eigenvalue weighted by molar-refractivity contribution is -0.131. The first-order valence-electron chi connectivity index (χ1n) is 10.2. The molecule has 148 valence electrons. The minimum atomic E-state index is -0.559.